The average molecular weight is 200 g/mol. The molecule has 0 aromatic carbocycles. The summed E-state index contributed by atoms with van der Waals surface area (Å²) >= 11 is 0. The van der Waals surface area contributed by atoms with Crippen molar-refractivity contribution in [2.24, 2.45) is 5.84 Å². The van der Waals surface area contributed by atoms with E-state index in [4.69, 9.17) is 5.84 Å². The smallest absolute Gasteiger partial charge is 0.323 e. The van der Waals surface area contributed by atoms with Gasteiger partial charge in [0.2, 0.25) is 5.91 Å². The number of carbonyl (C=O) groups excluding carboxylic acids is 3. The first-order chi connectivity index (χ1) is 6.56. The molecular weight excluding hydrogens is 188 g/mol. The Kier molecular flexibility index (Phi) is 3.03. The van der Waals surface area contributed by atoms with E-state index in [-0.39, 0.29) is 5.91 Å². The fourth-order valence-electron chi connectivity index (χ4n) is 1.25. The van der Waals surface area contributed by atoms with E-state index in [0.717, 1.165) is 0 Å². The van der Waals surface area contributed by atoms with Crippen LogP contribution in [0.15, 0.2) is 0 Å². The standard InChI is InChI=1S/C7H12N4O3/c1-11-3-2-4(7(11)14)9-5(12)6(13)10-8/h4H,2-3,8H2,1H3,(H,9,12)(H,10,13). The SMILES string of the molecule is CN1CCC(NC(=O)C(=O)NN)C1=O. The molecule has 1 heterocycles. The second-order valence-electron chi connectivity index (χ2n) is 3.05. The molecule has 0 aromatic rings. The number of carbonyl (C=O) groups is 3. The zero-order valence-electron chi connectivity index (χ0n) is 7.74. The number of hydrazine groups is 1. The van der Waals surface area contributed by atoms with Gasteiger partial charge in [-0.05, 0) is 6.42 Å². The number of likely N-dealkylation sites (N-methyl/N-ethyl adjacent to an activating group) is 1. The lowest BCUT2D eigenvalue weighted by molar-refractivity contribution is -0.140. The lowest BCUT2D eigenvalue weighted by atomic mass is 10.2. The predicted molar refractivity (Wildman–Crippen MR) is 46.5 cm³/mol. The molecule has 7 nitrogen and oxygen atoms in total. The zero-order chi connectivity index (χ0) is 10.7. The first-order valence-corrected chi connectivity index (χ1v) is 4.12. The van der Waals surface area contributed by atoms with Gasteiger partial charge in [0.05, 0.1) is 0 Å². The van der Waals surface area contributed by atoms with E-state index in [9.17, 15) is 14.4 Å². The molecule has 1 fully saturated rings. The Morgan fingerprint density at radius 3 is 2.57 bits per heavy atom. The summed E-state index contributed by atoms with van der Waals surface area (Å²) in [5.41, 5.74) is 1.69. The quantitative estimate of drug-likeness (QED) is 0.186. The Hall–Kier alpha value is -1.63. The third-order valence-corrected chi connectivity index (χ3v) is 2.07. The van der Waals surface area contributed by atoms with E-state index in [0.29, 0.717) is 13.0 Å². The highest BCUT2D eigenvalue weighted by atomic mass is 16.2. The van der Waals surface area contributed by atoms with Gasteiger partial charge in [0, 0.05) is 13.6 Å². The summed E-state index contributed by atoms with van der Waals surface area (Å²) < 4.78 is 0. The van der Waals surface area contributed by atoms with E-state index in [1.54, 1.807) is 12.5 Å². The minimum Gasteiger partial charge on any atom is -0.344 e. The van der Waals surface area contributed by atoms with Crippen LogP contribution in [0.25, 0.3) is 0 Å². The summed E-state index contributed by atoms with van der Waals surface area (Å²) in [4.78, 5) is 34.5. The number of rotatable bonds is 1. The summed E-state index contributed by atoms with van der Waals surface area (Å²) in [5.74, 6) is 2.72. The van der Waals surface area contributed by atoms with Crippen LogP contribution in [0.5, 0.6) is 0 Å². The molecule has 1 unspecified atom stereocenters. The van der Waals surface area contributed by atoms with Crippen LogP contribution in [-0.4, -0.2) is 42.3 Å². The third-order valence-electron chi connectivity index (χ3n) is 2.07. The first-order valence-electron chi connectivity index (χ1n) is 4.12. The van der Waals surface area contributed by atoms with Gasteiger partial charge in [0.25, 0.3) is 0 Å². The number of amides is 3. The van der Waals surface area contributed by atoms with Gasteiger partial charge in [-0.3, -0.25) is 19.8 Å². The zero-order valence-corrected chi connectivity index (χ0v) is 7.74. The van der Waals surface area contributed by atoms with Crippen molar-refractivity contribution < 1.29 is 14.4 Å². The summed E-state index contributed by atoms with van der Waals surface area (Å²) in [6.45, 7) is 0.577. The molecule has 0 aromatic heterocycles. The van der Waals surface area contributed by atoms with Crippen molar-refractivity contribution in [3.63, 3.8) is 0 Å². The second kappa shape index (κ2) is 4.05. The highest BCUT2D eigenvalue weighted by Gasteiger charge is 2.31. The summed E-state index contributed by atoms with van der Waals surface area (Å²) in [6.07, 6.45) is 0.513. The minimum atomic E-state index is -0.952. The fourth-order valence-corrected chi connectivity index (χ4v) is 1.25. The van der Waals surface area contributed by atoms with Gasteiger partial charge in [0.15, 0.2) is 0 Å². The van der Waals surface area contributed by atoms with Crippen molar-refractivity contribution in [3.05, 3.63) is 0 Å². The van der Waals surface area contributed by atoms with Crippen LogP contribution in [0.4, 0.5) is 0 Å². The average Bonchev–Trinajstić information content (AvgIpc) is 2.48. The van der Waals surface area contributed by atoms with Crippen molar-refractivity contribution in [3.8, 4) is 0 Å². The third kappa shape index (κ3) is 1.99. The maximum absolute atomic E-state index is 11.3. The van der Waals surface area contributed by atoms with E-state index in [2.05, 4.69) is 5.32 Å². The molecule has 3 amide bonds. The van der Waals surface area contributed by atoms with Gasteiger partial charge in [-0.25, -0.2) is 5.84 Å². The molecule has 4 N–H and O–H groups in total. The largest absolute Gasteiger partial charge is 0.344 e. The molecule has 0 bridgehead atoms. The Morgan fingerprint density at radius 2 is 2.14 bits per heavy atom. The predicted octanol–water partition coefficient (Wildman–Crippen LogP) is -2.68. The molecule has 1 aliphatic rings. The molecule has 14 heavy (non-hydrogen) atoms. The Balaban J connectivity index is 2.50. The second-order valence-corrected chi connectivity index (χ2v) is 3.05. The van der Waals surface area contributed by atoms with Crippen LogP contribution in [-0.2, 0) is 14.4 Å². The molecule has 1 rings (SSSR count). The lowest BCUT2D eigenvalue weighted by Gasteiger charge is -2.11. The van der Waals surface area contributed by atoms with Gasteiger partial charge in [0.1, 0.15) is 6.04 Å². The van der Waals surface area contributed by atoms with Crippen LogP contribution in [0.2, 0.25) is 0 Å². The summed E-state index contributed by atoms with van der Waals surface area (Å²) in [5, 5.41) is 2.29. The van der Waals surface area contributed by atoms with Crippen molar-refractivity contribution in [1.29, 1.82) is 0 Å². The minimum absolute atomic E-state index is 0.192. The first kappa shape index (κ1) is 10.5. The molecule has 7 heteroatoms. The van der Waals surface area contributed by atoms with Crippen LogP contribution in [0.1, 0.15) is 6.42 Å². The van der Waals surface area contributed by atoms with Crippen LogP contribution in [0, 0.1) is 0 Å². The van der Waals surface area contributed by atoms with Gasteiger partial charge in [-0.15, -0.1) is 0 Å². The van der Waals surface area contributed by atoms with Crippen molar-refractivity contribution in [1.82, 2.24) is 15.6 Å². The summed E-state index contributed by atoms with van der Waals surface area (Å²) in [6, 6.07) is -0.607. The van der Waals surface area contributed by atoms with Crippen molar-refractivity contribution in [2.45, 2.75) is 12.5 Å². The Labute approximate surface area is 80.6 Å². The highest BCUT2D eigenvalue weighted by molar-refractivity contribution is 6.35. The number of nitrogens with one attached hydrogen (secondary N) is 2. The fraction of sp³-hybridized carbons (Fsp3) is 0.571. The molecule has 0 saturated carbocycles. The number of likely N-dealkylation sites (tertiary alicyclic amines) is 1. The van der Waals surface area contributed by atoms with Gasteiger partial charge in [-0.1, -0.05) is 0 Å². The molecule has 1 saturated heterocycles. The lowest BCUT2D eigenvalue weighted by Crippen LogP contribution is -2.48. The molecule has 0 radical (unpaired) electrons. The normalized spacial score (nSPS) is 20.9. The van der Waals surface area contributed by atoms with Crippen LogP contribution < -0.4 is 16.6 Å². The molecule has 1 aliphatic heterocycles. The molecule has 1 atom stereocenters. The monoisotopic (exact) mass is 200 g/mol. The maximum Gasteiger partial charge on any atom is 0.323 e. The molecule has 0 spiro atoms. The molecule has 78 valence electrons. The topological polar surface area (TPSA) is 105 Å². The molecular formula is C7H12N4O3. The van der Waals surface area contributed by atoms with Crippen LogP contribution in [0.3, 0.4) is 0 Å². The van der Waals surface area contributed by atoms with Crippen molar-refractivity contribution >= 4 is 17.7 Å². The maximum atomic E-state index is 11.3. The number of hydrogen-bond acceptors (Lipinski definition) is 4. The van der Waals surface area contributed by atoms with Gasteiger partial charge >= 0.3 is 11.8 Å². The van der Waals surface area contributed by atoms with E-state index >= 15 is 0 Å². The van der Waals surface area contributed by atoms with E-state index in [1.807, 2.05) is 0 Å². The number of nitrogens with zero attached hydrogens (tertiary/aromatic N) is 1. The van der Waals surface area contributed by atoms with Crippen LogP contribution >= 0.6 is 0 Å². The molecule has 0 aliphatic carbocycles. The number of hydrogen-bond donors (Lipinski definition) is 3. The van der Waals surface area contributed by atoms with E-state index in [1.165, 1.54) is 4.90 Å². The Morgan fingerprint density at radius 1 is 1.50 bits per heavy atom. The Bertz CT molecular complexity index is 278. The highest BCUT2D eigenvalue weighted by Crippen LogP contribution is 2.07. The number of nitrogens with two attached hydrogens (primary N) is 1. The van der Waals surface area contributed by atoms with Gasteiger partial charge in [-0.2, -0.15) is 0 Å². The van der Waals surface area contributed by atoms with Gasteiger partial charge < -0.3 is 10.2 Å². The summed E-state index contributed by atoms with van der Waals surface area (Å²) in [7, 11) is 1.64. The van der Waals surface area contributed by atoms with E-state index < -0.39 is 17.9 Å². The van der Waals surface area contributed by atoms with Crippen molar-refractivity contribution in [2.75, 3.05) is 13.6 Å².